The highest BCUT2D eigenvalue weighted by atomic mass is 35.5. The number of aldehydes is 1. The maximum atomic E-state index is 13.0. The molecule has 0 radical (unpaired) electrons. The maximum Gasteiger partial charge on any atom is 0.150 e. The van der Waals surface area contributed by atoms with Gasteiger partial charge in [0.25, 0.3) is 0 Å². The van der Waals surface area contributed by atoms with Crippen LogP contribution in [-0.2, 0) is 0 Å². The predicted octanol–water partition coefficient (Wildman–Crippen LogP) is 3.96. The molecule has 0 amide bonds. The van der Waals surface area contributed by atoms with E-state index in [9.17, 15) is 9.18 Å². The van der Waals surface area contributed by atoms with Crippen molar-refractivity contribution in [1.29, 1.82) is 0 Å². The Kier molecular flexibility index (Phi) is 3.02. The lowest BCUT2D eigenvalue weighted by molar-refractivity contribution is 0.112. The van der Waals surface area contributed by atoms with Gasteiger partial charge in [0.2, 0.25) is 0 Å². The smallest absolute Gasteiger partial charge is 0.150 e. The number of rotatable bonds is 2. The van der Waals surface area contributed by atoms with E-state index in [1.54, 1.807) is 30.3 Å². The summed E-state index contributed by atoms with van der Waals surface area (Å²) in [5.74, 6) is -0.312. The Morgan fingerprint density at radius 2 is 1.94 bits per heavy atom. The molecule has 0 saturated heterocycles. The monoisotopic (exact) mass is 234 g/mol. The van der Waals surface area contributed by atoms with Crippen LogP contribution in [0, 0.1) is 5.82 Å². The van der Waals surface area contributed by atoms with Crippen LogP contribution < -0.4 is 0 Å². The molecule has 0 aromatic heterocycles. The third-order valence-corrected chi connectivity index (χ3v) is 2.58. The van der Waals surface area contributed by atoms with Crippen molar-refractivity contribution in [1.82, 2.24) is 0 Å². The fraction of sp³-hybridized carbons (Fsp3) is 0. The molecule has 2 rings (SSSR count). The Hall–Kier alpha value is -1.67. The van der Waals surface area contributed by atoms with Crippen molar-refractivity contribution in [3.63, 3.8) is 0 Å². The average Bonchev–Trinajstić information content (AvgIpc) is 2.28. The highest BCUT2D eigenvalue weighted by Gasteiger charge is 2.05. The molecule has 0 aliphatic heterocycles. The second-order valence-electron chi connectivity index (χ2n) is 3.37. The van der Waals surface area contributed by atoms with Crippen molar-refractivity contribution in [2.24, 2.45) is 0 Å². The van der Waals surface area contributed by atoms with Crippen LogP contribution in [0.25, 0.3) is 11.1 Å². The van der Waals surface area contributed by atoms with Crippen molar-refractivity contribution in [2.75, 3.05) is 0 Å². The molecule has 2 aromatic carbocycles. The molecule has 0 aliphatic rings. The molecule has 0 bridgehead atoms. The first-order valence-corrected chi connectivity index (χ1v) is 5.09. The molecule has 16 heavy (non-hydrogen) atoms. The lowest BCUT2D eigenvalue weighted by atomic mass is 10.0. The van der Waals surface area contributed by atoms with Crippen molar-refractivity contribution in [2.45, 2.75) is 0 Å². The Morgan fingerprint density at radius 1 is 1.12 bits per heavy atom. The molecule has 0 fully saturated rings. The Morgan fingerprint density at radius 3 is 2.56 bits per heavy atom. The van der Waals surface area contributed by atoms with Crippen LogP contribution in [0.2, 0.25) is 5.02 Å². The predicted molar refractivity (Wildman–Crippen MR) is 62.2 cm³/mol. The minimum atomic E-state index is -0.312. The number of benzene rings is 2. The van der Waals surface area contributed by atoms with E-state index in [1.807, 2.05) is 0 Å². The SMILES string of the molecule is O=Cc1ccc(-c2cccc(F)c2)c(Cl)c1. The molecular weight excluding hydrogens is 227 g/mol. The zero-order chi connectivity index (χ0) is 11.5. The second-order valence-corrected chi connectivity index (χ2v) is 3.77. The molecule has 3 heteroatoms. The lowest BCUT2D eigenvalue weighted by Gasteiger charge is -2.05. The summed E-state index contributed by atoms with van der Waals surface area (Å²) in [6.45, 7) is 0. The summed E-state index contributed by atoms with van der Waals surface area (Å²) < 4.78 is 13.0. The molecule has 0 spiro atoms. The molecule has 0 N–H and O–H groups in total. The number of halogens is 2. The first-order chi connectivity index (χ1) is 7.70. The number of hydrogen-bond acceptors (Lipinski definition) is 1. The highest BCUT2D eigenvalue weighted by molar-refractivity contribution is 6.33. The van der Waals surface area contributed by atoms with Gasteiger partial charge < -0.3 is 0 Å². The van der Waals surface area contributed by atoms with E-state index in [-0.39, 0.29) is 5.82 Å². The van der Waals surface area contributed by atoms with Crippen molar-refractivity contribution >= 4 is 17.9 Å². The van der Waals surface area contributed by atoms with Gasteiger partial charge in [-0.2, -0.15) is 0 Å². The van der Waals surface area contributed by atoms with E-state index in [0.717, 1.165) is 6.29 Å². The van der Waals surface area contributed by atoms with Gasteiger partial charge >= 0.3 is 0 Å². The highest BCUT2D eigenvalue weighted by Crippen LogP contribution is 2.28. The van der Waals surface area contributed by atoms with Crippen LogP contribution in [0.5, 0.6) is 0 Å². The molecule has 0 aliphatic carbocycles. The van der Waals surface area contributed by atoms with Crippen LogP contribution >= 0.6 is 11.6 Å². The standard InChI is InChI=1S/C13H8ClFO/c14-13-6-9(8-16)4-5-12(13)10-2-1-3-11(15)7-10/h1-8H. The second kappa shape index (κ2) is 4.45. The molecule has 0 unspecified atom stereocenters. The summed E-state index contributed by atoms with van der Waals surface area (Å²) in [5.41, 5.74) is 1.92. The van der Waals surface area contributed by atoms with E-state index in [2.05, 4.69) is 0 Å². The van der Waals surface area contributed by atoms with Gasteiger partial charge in [-0.3, -0.25) is 4.79 Å². The number of carbonyl (C=O) groups excluding carboxylic acids is 1. The molecule has 80 valence electrons. The summed E-state index contributed by atoms with van der Waals surface area (Å²) in [6.07, 6.45) is 0.723. The van der Waals surface area contributed by atoms with E-state index in [0.29, 0.717) is 21.7 Å². The topological polar surface area (TPSA) is 17.1 Å². The Bertz CT molecular complexity index is 537. The molecule has 0 atom stereocenters. The van der Waals surface area contributed by atoms with Gasteiger partial charge in [0.05, 0.1) is 0 Å². The summed E-state index contributed by atoms with van der Waals surface area (Å²) >= 11 is 6.01. The van der Waals surface area contributed by atoms with Crippen molar-refractivity contribution in [3.8, 4) is 11.1 Å². The van der Waals surface area contributed by atoms with Gasteiger partial charge in [-0.25, -0.2) is 4.39 Å². The van der Waals surface area contributed by atoms with E-state index in [1.165, 1.54) is 12.1 Å². The fourth-order valence-corrected chi connectivity index (χ4v) is 1.79. The molecule has 0 heterocycles. The fourth-order valence-electron chi connectivity index (χ4n) is 1.49. The van der Waals surface area contributed by atoms with E-state index < -0.39 is 0 Å². The van der Waals surface area contributed by atoms with Crippen molar-refractivity contribution < 1.29 is 9.18 Å². The summed E-state index contributed by atoms with van der Waals surface area (Å²) in [7, 11) is 0. The van der Waals surface area contributed by atoms with Crippen LogP contribution in [0.1, 0.15) is 10.4 Å². The minimum Gasteiger partial charge on any atom is -0.298 e. The maximum absolute atomic E-state index is 13.0. The third kappa shape index (κ3) is 2.12. The first-order valence-electron chi connectivity index (χ1n) is 4.71. The average molecular weight is 235 g/mol. The minimum absolute atomic E-state index is 0.312. The van der Waals surface area contributed by atoms with Crippen molar-refractivity contribution in [3.05, 3.63) is 58.9 Å². The van der Waals surface area contributed by atoms with Crippen LogP contribution in [-0.4, -0.2) is 6.29 Å². The number of carbonyl (C=O) groups is 1. The van der Waals surface area contributed by atoms with Crippen LogP contribution in [0.15, 0.2) is 42.5 Å². The summed E-state index contributed by atoms with van der Waals surface area (Å²) in [4.78, 5) is 10.5. The number of hydrogen-bond donors (Lipinski definition) is 0. The van der Waals surface area contributed by atoms with Gasteiger partial charge in [0.15, 0.2) is 0 Å². The van der Waals surface area contributed by atoms with Gasteiger partial charge in [0.1, 0.15) is 12.1 Å². The summed E-state index contributed by atoms with van der Waals surface area (Å²) in [5, 5.41) is 0.440. The Labute approximate surface area is 97.5 Å². The molecular formula is C13H8ClFO. The normalized spacial score (nSPS) is 10.1. The summed E-state index contributed by atoms with van der Waals surface area (Å²) in [6, 6.07) is 11.1. The Balaban J connectivity index is 2.52. The van der Waals surface area contributed by atoms with Gasteiger partial charge in [0, 0.05) is 16.1 Å². The zero-order valence-electron chi connectivity index (χ0n) is 8.28. The van der Waals surface area contributed by atoms with Gasteiger partial charge in [-0.05, 0) is 23.8 Å². The molecule has 1 nitrogen and oxygen atoms in total. The van der Waals surface area contributed by atoms with Crippen LogP contribution in [0.4, 0.5) is 4.39 Å². The third-order valence-electron chi connectivity index (χ3n) is 2.26. The molecule has 2 aromatic rings. The first kappa shape index (κ1) is 10.8. The molecule has 0 saturated carbocycles. The largest absolute Gasteiger partial charge is 0.298 e. The van der Waals surface area contributed by atoms with E-state index in [4.69, 9.17) is 11.6 Å². The lowest BCUT2D eigenvalue weighted by Crippen LogP contribution is -1.84. The van der Waals surface area contributed by atoms with E-state index >= 15 is 0 Å². The quantitative estimate of drug-likeness (QED) is 0.719. The van der Waals surface area contributed by atoms with Crippen LogP contribution in [0.3, 0.4) is 0 Å². The van der Waals surface area contributed by atoms with Gasteiger partial charge in [-0.15, -0.1) is 0 Å². The zero-order valence-corrected chi connectivity index (χ0v) is 9.04. The van der Waals surface area contributed by atoms with Gasteiger partial charge in [-0.1, -0.05) is 35.9 Å².